The normalized spacial score (nSPS) is 11.4. The fraction of sp³-hybridized carbons (Fsp3) is 0.647. The highest BCUT2D eigenvalue weighted by Crippen LogP contribution is 2.37. The van der Waals surface area contributed by atoms with E-state index in [0.717, 1.165) is 0 Å². The summed E-state index contributed by atoms with van der Waals surface area (Å²) in [6.07, 6.45) is 0. The number of hydrogen-bond donors (Lipinski definition) is 0. The minimum Gasteiger partial charge on any atom is -0.462 e. The lowest BCUT2D eigenvalue weighted by Gasteiger charge is -2.40. The molecule has 0 unspecified atom stereocenters. The van der Waals surface area contributed by atoms with Crippen LogP contribution in [0.4, 0.5) is 0 Å². The summed E-state index contributed by atoms with van der Waals surface area (Å²) in [5.41, 5.74) is 0.279. The van der Waals surface area contributed by atoms with Crippen LogP contribution >= 0.6 is 0 Å². The van der Waals surface area contributed by atoms with E-state index in [4.69, 9.17) is 9.47 Å². The first-order valence-corrected chi connectivity index (χ1v) is 7.19. The Morgan fingerprint density at radius 3 is 1.33 bits per heavy atom. The number of carbonyl (C=O) groups excluding carboxylic acids is 2. The zero-order chi connectivity index (χ0) is 16.8. The molecule has 0 fully saturated rings. The van der Waals surface area contributed by atoms with Gasteiger partial charge in [-0.25, -0.2) is 9.59 Å². The second kappa shape index (κ2) is 8.01. The molecule has 0 radical (unpaired) electrons. The lowest BCUT2D eigenvalue weighted by molar-refractivity contribution is -0.155. The maximum Gasteiger partial charge on any atom is 0.333 e. The molecule has 0 amide bonds. The fourth-order valence-corrected chi connectivity index (χ4v) is 2.02. The SMILES string of the molecule is C=C(C)C(=O)OCC(COC(=O)C(=C)C)(C(C)C)C(C)C. The van der Waals surface area contributed by atoms with Gasteiger partial charge in [-0.3, -0.25) is 0 Å². The van der Waals surface area contributed by atoms with E-state index >= 15 is 0 Å². The van der Waals surface area contributed by atoms with Gasteiger partial charge in [0.25, 0.3) is 0 Å². The molecule has 21 heavy (non-hydrogen) atoms. The van der Waals surface area contributed by atoms with Gasteiger partial charge in [-0.15, -0.1) is 0 Å². The van der Waals surface area contributed by atoms with E-state index in [-0.39, 0.29) is 25.0 Å². The minimum absolute atomic E-state index is 0.174. The van der Waals surface area contributed by atoms with Crippen LogP contribution in [0.15, 0.2) is 24.3 Å². The molecule has 0 aromatic rings. The Morgan fingerprint density at radius 2 is 1.14 bits per heavy atom. The summed E-state index contributed by atoms with van der Waals surface area (Å²) in [7, 11) is 0. The van der Waals surface area contributed by atoms with Crippen LogP contribution in [0.3, 0.4) is 0 Å². The highest BCUT2D eigenvalue weighted by atomic mass is 16.5. The van der Waals surface area contributed by atoms with Gasteiger partial charge in [0, 0.05) is 16.6 Å². The van der Waals surface area contributed by atoms with Gasteiger partial charge in [-0.2, -0.15) is 0 Å². The molecule has 0 N–H and O–H groups in total. The van der Waals surface area contributed by atoms with Crippen molar-refractivity contribution in [1.82, 2.24) is 0 Å². The van der Waals surface area contributed by atoms with E-state index in [1.807, 2.05) is 27.7 Å². The second-order valence-corrected chi connectivity index (χ2v) is 6.26. The van der Waals surface area contributed by atoms with Crippen LogP contribution in [0, 0.1) is 17.3 Å². The molecule has 0 saturated heterocycles. The average molecular weight is 296 g/mol. The molecule has 0 rings (SSSR count). The molecular weight excluding hydrogens is 268 g/mol. The van der Waals surface area contributed by atoms with Crippen molar-refractivity contribution in [2.45, 2.75) is 41.5 Å². The smallest absolute Gasteiger partial charge is 0.333 e. The third-order valence-electron chi connectivity index (χ3n) is 3.94. The molecule has 0 heterocycles. The van der Waals surface area contributed by atoms with E-state index < -0.39 is 17.4 Å². The van der Waals surface area contributed by atoms with E-state index in [2.05, 4.69) is 13.2 Å². The van der Waals surface area contributed by atoms with Gasteiger partial charge in [0.2, 0.25) is 0 Å². The number of esters is 2. The zero-order valence-corrected chi connectivity index (χ0v) is 14.1. The van der Waals surface area contributed by atoms with Crippen LogP contribution in [-0.4, -0.2) is 25.2 Å². The molecule has 0 atom stereocenters. The molecule has 0 aromatic carbocycles. The van der Waals surface area contributed by atoms with Crippen molar-refractivity contribution in [2.24, 2.45) is 17.3 Å². The van der Waals surface area contributed by atoms with Gasteiger partial charge in [0.15, 0.2) is 0 Å². The summed E-state index contributed by atoms with van der Waals surface area (Å²) in [4.78, 5) is 23.3. The van der Waals surface area contributed by atoms with Crippen LogP contribution in [0.25, 0.3) is 0 Å². The number of hydrogen-bond acceptors (Lipinski definition) is 4. The Hall–Kier alpha value is -1.58. The molecule has 0 aromatic heterocycles. The molecule has 0 spiro atoms. The quantitative estimate of drug-likeness (QED) is 0.508. The molecule has 0 aliphatic carbocycles. The van der Waals surface area contributed by atoms with Gasteiger partial charge >= 0.3 is 11.9 Å². The fourth-order valence-electron chi connectivity index (χ4n) is 2.02. The van der Waals surface area contributed by atoms with Gasteiger partial charge in [0.05, 0.1) is 0 Å². The Morgan fingerprint density at radius 1 is 0.857 bits per heavy atom. The van der Waals surface area contributed by atoms with Crippen molar-refractivity contribution >= 4 is 11.9 Å². The summed E-state index contributed by atoms with van der Waals surface area (Å²) < 4.78 is 10.7. The third-order valence-corrected chi connectivity index (χ3v) is 3.94. The average Bonchev–Trinajstić information content (AvgIpc) is 2.36. The summed E-state index contributed by atoms with van der Waals surface area (Å²) in [6.45, 7) is 18.9. The second-order valence-electron chi connectivity index (χ2n) is 6.26. The van der Waals surface area contributed by atoms with Gasteiger partial charge in [-0.1, -0.05) is 40.9 Å². The molecule has 0 aliphatic rings. The van der Waals surface area contributed by atoms with Crippen molar-refractivity contribution in [2.75, 3.05) is 13.2 Å². The summed E-state index contributed by atoms with van der Waals surface area (Å²) >= 11 is 0. The van der Waals surface area contributed by atoms with Crippen molar-refractivity contribution in [3.63, 3.8) is 0 Å². The monoisotopic (exact) mass is 296 g/mol. The predicted molar refractivity (Wildman–Crippen MR) is 83.7 cm³/mol. The van der Waals surface area contributed by atoms with Crippen molar-refractivity contribution in [3.8, 4) is 0 Å². The molecule has 4 nitrogen and oxygen atoms in total. The Kier molecular flexibility index (Phi) is 7.41. The summed E-state index contributed by atoms with van der Waals surface area (Å²) in [5, 5.41) is 0. The first-order valence-electron chi connectivity index (χ1n) is 7.19. The topological polar surface area (TPSA) is 52.6 Å². The van der Waals surface area contributed by atoms with Crippen LogP contribution in [-0.2, 0) is 19.1 Å². The lowest BCUT2D eigenvalue weighted by Crippen LogP contribution is -2.43. The molecule has 120 valence electrons. The maximum atomic E-state index is 11.6. The molecule has 4 heteroatoms. The maximum absolute atomic E-state index is 11.6. The van der Waals surface area contributed by atoms with Gasteiger partial charge in [-0.05, 0) is 25.7 Å². The molecule has 0 aliphatic heterocycles. The highest BCUT2D eigenvalue weighted by molar-refractivity contribution is 5.87. The van der Waals surface area contributed by atoms with E-state index in [1.54, 1.807) is 13.8 Å². The number of ether oxygens (including phenoxy) is 2. The Balaban J connectivity index is 5.08. The summed E-state index contributed by atoms with van der Waals surface area (Å²) in [5.74, 6) is -0.500. The molecular formula is C17H28O4. The largest absolute Gasteiger partial charge is 0.462 e. The number of carbonyl (C=O) groups is 2. The molecule has 0 bridgehead atoms. The third kappa shape index (κ3) is 5.37. The van der Waals surface area contributed by atoms with Crippen molar-refractivity contribution < 1.29 is 19.1 Å². The van der Waals surface area contributed by atoms with Crippen LogP contribution in [0.2, 0.25) is 0 Å². The van der Waals surface area contributed by atoms with Crippen molar-refractivity contribution in [1.29, 1.82) is 0 Å². The minimum atomic E-state index is -0.434. The zero-order valence-electron chi connectivity index (χ0n) is 14.1. The van der Waals surface area contributed by atoms with Crippen LogP contribution in [0.5, 0.6) is 0 Å². The summed E-state index contributed by atoms with van der Waals surface area (Å²) in [6, 6.07) is 0. The van der Waals surface area contributed by atoms with E-state index in [1.165, 1.54) is 0 Å². The predicted octanol–water partition coefficient (Wildman–Crippen LogP) is 3.52. The first kappa shape index (κ1) is 19.4. The van der Waals surface area contributed by atoms with Crippen LogP contribution in [0.1, 0.15) is 41.5 Å². The van der Waals surface area contributed by atoms with E-state index in [0.29, 0.717) is 11.1 Å². The standard InChI is InChI=1S/C17H28O4/c1-11(2)15(18)20-9-17(13(5)6,14(7)8)10-21-16(19)12(3)4/h13-14H,1,3,9-10H2,2,4-8H3. The molecule has 0 saturated carbocycles. The van der Waals surface area contributed by atoms with Crippen molar-refractivity contribution in [3.05, 3.63) is 24.3 Å². The number of rotatable bonds is 8. The first-order chi connectivity index (χ1) is 9.54. The highest BCUT2D eigenvalue weighted by Gasteiger charge is 2.40. The van der Waals surface area contributed by atoms with Gasteiger partial charge < -0.3 is 9.47 Å². The Bertz CT molecular complexity index is 379. The van der Waals surface area contributed by atoms with Gasteiger partial charge in [0.1, 0.15) is 13.2 Å². The van der Waals surface area contributed by atoms with Crippen LogP contribution < -0.4 is 0 Å². The Labute approximate surface area is 128 Å². The lowest BCUT2D eigenvalue weighted by atomic mass is 9.70. The van der Waals surface area contributed by atoms with E-state index in [9.17, 15) is 9.59 Å².